The lowest BCUT2D eigenvalue weighted by Gasteiger charge is -2.04. The van der Waals surface area contributed by atoms with Gasteiger partial charge in [0.1, 0.15) is 0 Å². The van der Waals surface area contributed by atoms with Gasteiger partial charge < -0.3 is 0 Å². The molecule has 0 amide bonds. The Morgan fingerprint density at radius 2 is 1.50 bits per heavy atom. The summed E-state index contributed by atoms with van der Waals surface area (Å²) in [6, 6.07) is 0. The molecule has 1 aliphatic carbocycles. The van der Waals surface area contributed by atoms with Gasteiger partial charge in [-0.05, 0) is 30.6 Å². The zero-order valence-corrected chi connectivity index (χ0v) is 6.07. The van der Waals surface area contributed by atoms with Crippen LogP contribution in [-0.2, 0) is 0 Å². The van der Waals surface area contributed by atoms with Crippen LogP contribution >= 0.6 is 0 Å². The third kappa shape index (κ3) is 1.04. The van der Waals surface area contributed by atoms with Gasteiger partial charge in [-0.1, -0.05) is 20.8 Å². The van der Waals surface area contributed by atoms with Crippen LogP contribution in [0, 0.1) is 17.8 Å². The fourth-order valence-corrected chi connectivity index (χ4v) is 1.58. The van der Waals surface area contributed by atoms with E-state index in [1.165, 1.54) is 12.8 Å². The predicted octanol–water partition coefficient (Wildman–Crippen LogP) is 2.65. The molecule has 1 aliphatic rings. The molecule has 1 radical (unpaired) electrons. The topological polar surface area (TPSA) is 0 Å². The van der Waals surface area contributed by atoms with Crippen molar-refractivity contribution in [3.05, 3.63) is 5.92 Å². The normalized spacial score (nSPS) is 40.9. The van der Waals surface area contributed by atoms with Gasteiger partial charge in [-0.15, -0.1) is 0 Å². The summed E-state index contributed by atoms with van der Waals surface area (Å²) in [5.41, 5.74) is 0. The molecule has 0 bridgehead atoms. The van der Waals surface area contributed by atoms with Crippen LogP contribution in [0.15, 0.2) is 0 Å². The van der Waals surface area contributed by atoms with Crippen molar-refractivity contribution in [1.82, 2.24) is 0 Å². The second-order valence-electron chi connectivity index (χ2n) is 3.32. The van der Waals surface area contributed by atoms with Crippen LogP contribution in [0.25, 0.3) is 0 Å². The van der Waals surface area contributed by atoms with E-state index in [0.717, 1.165) is 11.8 Å². The molecule has 0 aromatic heterocycles. The summed E-state index contributed by atoms with van der Waals surface area (Å²) in [7, 11) is 0. The maximum Gasteiger partial charge on any atom is -0.0266 e. The average molecular weight is 111 g/mol. The summed E-state index contributed by atoms with van der Waals surface area (Å²) in [4.78, 5) is 0. The predicted molar refractivity (Wildman–Crippen MR) is 36.5 cm³/mol. The monoisotopic (exact) mass is 111 g/mol. The van der Waals surface area contributed by atoms with Crippen LogP contribution in [0.3, 0.4) is 0 Å². The summed E-state index contributed by atoms with van der Waals surface area (Å²) < 4.78 is 0. The Balaban J connectivity index is 2.39. The van der Waals surface area contributed by atoms with Crippen LogP contribution in [-0.4, -0.2) is 0 Å². The van der Waals surface area contributed by atoms with E-state index in [1.807, 2.05) is 0 Å². The maximum absolute atomic E-state index is 2.35. The molecule has 2 atom stereocenters. The van der Waals surface area contributed by atoms with Gasteiger partial charge in [0.15, 0.2) is 0 Å². The molecular weight excluding hydrogens is 96.1 g/mol. The van der Waals surface area contributed by atoms with Crippen molar-refractivity contribution in [3.63, 3.8) is 0 Å². The number of hydrogen-bond acceptors (Lipinski definition) is 0. The highest BCUT2D eigenvalue weighted by atomic mass is 14.3. The van der Waals surface area contributed by atoms with Crippen molar-refractivity contribution in [2.24, 2.45) is 11.8 Å². The molecule has 1 rings (SSSR count). The Bertz CT molecular complexity index is 66.1. The quantitative estimate of drug-likeness (QED) is 0.451. The van der Waals surface area contributed by atoms with Gasteiger partial charge in [0.05, 0.1) is 0 Å². The molecule has 0 aromatic rings. The van der Waals surface area contributed by atoms with Gasteiger partial charge in [0.25, 0.3) is 0 Å². The highest BCUT2D eigenvalue weighted by molar-refractivity contribution is 4.95. The maximum atomic E-state index is 2.35. The highest BCUT2D eigenvalue weighted by Crippen LogP contribution is 2.36. The Morgan fingerprint density at radius 3 is 1.62 bits per heavy atom. The van der Waals surface area contributed by atoms with E-state index in [2.05, 4.69) is 20.8 Å². The molecule has 1 fully saturated rings. The van der Waals surface area contributed by atoms with E-state index in [0.29, 0.717) is 0 Å². The molecule has 8 heavy (non-hydrogen) atoms. The van der Waals surface area contributed by atoms with Gasteiger partial charge in [0, 0.05) is 0 Å². The van der Waals surface area contributed by atoms with E-state index in [1.54, 1.807) is 5.92 Å². The van der Waals surface area contributed by atoms with Crippen molar-refractivity contribution in [3.8, 4) is 0 Å². The minimum absolute atomic E-state index is 0.954. The van der Waals surface area contributed by atoms with Crippen LogP contribution in [0.5, 0.6) is 0 Å². The third-order valence-electron chi connectivity index (χ3n) is 2.31. The highest BCUT2D eigenvalue weighted by Gasteiger charge is 2.24. The van der Waals surface area contributed by atoms with E-state index < -0.39 is 0 Å². The molecule has 0 aromatic carbocycles. The minimum Gasteiger partial charge on any atom is -0.0622 e. The molecule has 0 heterocycles. The van der Waals surface area contributed by atoms with Gasteiger partial charge in [-0.3, -0.25) is 0 Å². The van der Waals surface area contributed by atoms with Crippen molar-refractivity contribution in [2.75, 3.05) is 0 Å². The lowest BCUT2D eigenvalue weighted by molar-refractivity contribution is 0.457. The van der Waals surface area contributed by atoms with Crippen molar-refractivity contribution < 1.29 is 0 Å². The van der Waals surface area contributed by atoms with E-state index in [-0.39, 0.29) is 0 Å². The van der Waals surface area contributed by atoms with Gasteiger partial charge in [-0.25, -0.2) is 0 Å². The van der Waals surface area contributed by atoms with E-state index >= 15 is 0 Å². The van der Waals surface area contributed by atoms with Crippen LogP contribution in [0.2, 0.25) is 0 Å². The Labute approximate surface area is 52.3 Å². The van der Waals surface area contributed by atoms with Crippen molar-refractivity contribution >= 4 is 0 Å². The first kappa shape index (κ1) is 6.12. The Morgan fingerprint density at radius 1 is 1.12 bits per heavy atom. The lowest BCUT2D eigenvalue weighted by atomic mass is 10.0. The Kier molecular flexibility index (Phi) is 1.59. The van der Waals surface area contributed by atoms with Gasteiger partial charge in [0.2, 0.25) is 0 Å². The zero-order valence-electron chi connectivity index (χ0n) is 6.07. The first-order valence-corrected chi connectivity index (χ1v) is 3.51. The third-order valence-corrected chi connectivity index (χ3v) is 2.31. The SMILES string of the molecule is C[C]1CC(C)C(C)C1. The average Bonchev–Trinajstić information content (AvgIpc) is 1.85. The number of hydrogen-bond donors (Lipinski definition) is 0. The second kappa shape index (κ2) is 2.08. The summed E-state index contributed by atoms with van der Waals surface area (Å²) in [5, 5.41) is 0. The number of rotatable bonds is 0. The summed E-state index contributed by atoms with van der Waals surface area (Å²) in [5.74, 6) is 3.61. The fraction of sp³-hybridized carbons (Fsp3) is 0.875. The molecule has 0 N–H and O–H groups in total. The van der Waals surface area contributed by atoms with Crippen molar-refractivity contribution in [2.45, 2.75) is 33.6 Å². The van der Waals surface area contributed by atoms with Crippen LogP contribution in [0.4, 0.5) is 0 Å². The fourth-order valence-electron chi connectivity index (χ4n) is 1.58. The zero-order chi connectivity index (χ0) is 6.15. The molecule has 47 valence electrons. The van der Waals surface area contributed by atoms with Gasteiger partial charge >= 0.3 is 0 Å². The lowest BCUT2D eigenvalue weighted by Crippen LogP contribution is -1.95. The summed E-state index contributed by atoms with van der Waals surface area (Å²) in [6.07, 6.45) is 2.75. The second-order valence-corrected chi connectivity index (χ2v) is 3.32. The van der Waals surface area contributed by atoms with E-state index in [4.69, 9.17) is 0 Å². The molecule has 0 nitrogen and oxygen atoms in total. The Hall–Kier alpha value is 0. The smallest absolute Gasteiger partial charge is 0.0266 e. The van der Waals surface area contributed by atoms with Crippen LogP contribution in [0.1, 0.15) is 33.6 Å². The molecule has 2 unspecified atom stereocenters. The largest absolute Gasteiger partial charge is 0.0622 e. The summed E-state index contributed by atoms with van der Waals surface area (Å²) in [6.45, 7) is 6.97. The molecule has 0 heteroatoms. The minimum atomic E-state index is 0.954. The molecule has 0 aliphatic heterocycles. The molecule has 0 spiro atoms. The first-order chi connectivity index (χ1) is 3.70. The van der Waals surface area contributed by atoms with Gasteiger partial charge in [-0.2, -0.15) is 0 Å². The van der Waals surface area contributed by atoms with E-state index in [9.17, 15) is 0 Å². The molecular formula is C8H15. The first-order valence-electron chi connectivity index (χ1n) is 3.51. The van der Waals surface area contributed by atoms with Crippen molar-refractivity contribution in [1.29, 1.82) is 0 Å². The summed E-state index contributed by atoms with van der Waals surface area (Å²) >= 11 is 0. The van der Waals surface area contributed by atoms with Crippen LogP contribution < -0.4 is 0 Å². The molecule has 0 saturated heterocycles. The molecule has 1 saturated carbocycles. The standard InChI is InChI=1S/C8H15/c1-6-4-7(2)8(3)5-6/h7-8H,4-5H2,1-3H3.